The molecule has 0 spiro atoms. The summed E-state index contributed by atoms with van der Waals surface area (Å²) in [5.74, 6) is 1.89. The SMILES string of the molecule is C[C@@]12CCC[C@H]1[C@@H]1CCC3=CC(=O)C=C[C@]3(C)[C@H]1C(=O)C2. The first kappa shape index (κ1) is 13.5. The molecule has 0 aromatic carbocycles. The molecule has 3 saturated carbocycles. The Morgan fingerprint density at radius 2 is 2.00 bits per heavy atom. The fourth-order valence-corrected chi connectivity index (χ4v) is 6.04. The molecule has 0 aromatic heterocycles. The van der Waals surface area contributed by atoms with Crippen molar-refractivity contribution in [3.05, 3.63) is 23.8 Å². The van der Waals surface area contributed by atoms with E-state index in [1.165, 1.54) is 24.8 Å². The molecular weight excluding hydrogens is 260 g/mol. The van der Waals surface area contributed by atoms with Crippen LogP contribution in [0.2, 0.25) is 0 Å². The van der Waals surface area contributed by atoms with Gasteiger partial charge in [-0.2, -0.15) is 0 Å². The van der Waals surface area contributed by atoms with E-state index in [-0.39, 0.29) is 22.5 Å². The van der Waals surface area contributed by atoms with Gasteiger partial charge in [-0.1, -0.05) is 31.9 Å². The second-order valence-corrected chi connectivity index (χ2v) is 8.16. The second-order valence-electron chi connectivity index (χ2n) is 8.16. The van der Waals surface area contributed by atoms with Gasteiger partial charge >= 0.3 is 0 Å². The van der Waals surface area contributed by atoms with Crippen molar-refractivity contribution in [3.63, 3.8) is 0 Å². The molecule has 0 bridgehead atoms. The lowest BCUT2D eigenvalue weighted by Crippen LogP contribution is -2.52. The van der Waals surface area contributed by atoms with Crippen LogP contribution in [0.5, 0.6) is 0 Å². The summed E-state index contributed by atoms with van der Waals surface area (Å²) in [5.41, 5.74) is 1.26. The lowest BCUT2D eigenvalue weighted by molar-refractivity contribution is -0.140. The fraction of sp³-hybridized carbons (Fsp3) is 0.684. The van der Waals surface area contributed by atoms with Gasteiger partial charge in [0.2, 0.25) is 0 Å². The van der Waals surface area contributed by atoms with Gasteiger partial charge in [-0.15, -0.1) is 0 Å². The number of allylic oxidation sites excluding steroid dienone is 4. The molecule has 0 amide bonds. The lowest BCUT2D eigenvalue weighted by Gasteiger charge is -2.55. The van der Waals surface area contributed by atoms with Crippen molar-refractivity contribution in [3.8, 4) is 0 Å². The minimum absolute atomic E-state index is 0.0925. The molecule has 5 atom stereocenters. The number of hydrogen-bond acceptors (Lipinski definition) is 2. The highest BCUT2D eigenvalue weighted by Gasteiger charge is 2.58. The molecule has 4 aliphatic carbocycles. The Labute approximate surface area is 126 Å². The minimum atomic E-state index is -0.197. The molecule has 0 heterocycles. The third-order valence-electron chi connectivity index (χ3n) is 7.02. The molecule has 0 unspecified atom stereocenters. The minimum Gasteiger partial charge on any atom is -0.299 e. The van der Waals surface area contributed by atoms with Gasteiger partial charge < -0.3 is 0 Å². The van der Waals surface area contributed by atoms with Crippen molar-refractivity contribution in [1.82, 2.24) is 0 Å². The highest BCUT2D eigenvalue weighted by atomic mass is 16.1. The smallest absolute Gasteiger partial charge is 0.178 e. The number of hydrogen-bond donors (Lipinski definition) is 0. The van der Waals surface area contributed by atoms with Gasteiger partial charge in [0, 0.05) is 17.8 Å². The zero-order chi connectivity index (χ0) is 14.8. The normalized spacial score (nSPS) is 48.5. The molecule has 112 valence electrons. The number of carbonyl (C=O) groups is 2. The Balaban J connectivity index is 1.78. The first-order valence-corrected chi connectivity index (χ1v) is 8.41. The van der Waals surface area contributed by atoms with E-state index >= 15 is 0 Å². The van der Waals surface area contributed by atoms with Gasteiger partial charge in [-0.3, -0.25) is 9.59 Å². The fourth-order valence-electron chi connectivity index (χ4n) is 6.04. The lowest BCUT2D eigenvalue weighted by atomic mass is 9.48. The van der Waals surface area contributed by atoms with Gasteiger partial charge in [-0.05, 0) is 55.1 Å². The van der Waals surface area contributed by atoms with Crippen LogP contribution in [0.4, 0.5) is 0 Å². The van der Waals surface area contributed by atoms with E-state index < -0.39 is 0 Å². The molecule has 0 aliphatic heterocycles. The Morgan fingerprint density at radius 1 is 1.19 bits per heavy atom. The van der Waals surface area contributed by atoms with Gasteiger partial charge in [0.15, 0.2) is 5.78 Å². The molecule has 4 rings (SSSR count). The van der Waals surface area contributed by atoms with Crippen LogP contribution in [-0.2, 0) is 9.59 Å². The zero-order valence-corrected chi connectivity index (χ0v) is 13.0. The van der Waals surface area contributed by atoms with E-state index in [0.717, 1.165) is 19.3 Å². The van der Waals surface area contributed by atoms with Crippen LogP contribution in [0.15, 0.2) is 23.8 Å². The monoisotopic (exact) mass is 284 g/mol. The number of ketones is 2. The molecule has 4 aliphatic rings. The molecule has 3 fully saturated rings. The van der Waals surface area contributed by atoms with Crippen LogP contribution in [-0.4, -0.2) is 11.6 Å². The van der Waals surface area contributed by atoms with Crippen LogP contribution in [0.3, 0.4) is 0 Å². The maximum Gasteiger partial charge on any atom is 0.178 e. The third kappa shape index (κ3) is 1.71. The predicted octanol–water partition coefficient (Wildman–Crippen LogP) is 3.86. The van der Waals surface area contributed by atoms with Gasteiger partial charge in [-0.25, -0.2) is 0 Å². The highest BCUT2D eigenvalue weighted by molar-refractivity contribution is 6.01. The third-order valence-corrected chi connectivity index (χ3v) is 7.02. The van der Waals surface area contributed by atoms with E-state index in [1.54, 1.807) is 12.2 Å². The molecule has 2 heteroatoms. The Morgan fingerprint density at radius 3 is 2.81 bits per heavy atom. The topological polar surface area (TPSA) is 34.1 Å². The summed E-state index contributed by atoms with van der Waals surface area (Å²) in [6.07, 6.45) is 12.2. The molecule has 0 saturated heterocycles. The first-order valence-electron chi connectivity index (χ1n) is 8.41. The standard InChI is InChI=1S/C19H24O2/c1-18-8-3-4-15(18)14-6-5-12-10-13(20)7-9-19(12,2)17(14)16(21)11-18/h7,9-10,14-15,17H,3-6,8,11H2,1-2H3/t14-,15-,17+,18-,19-/m0/s1. The summed E-state index contributed by atoms with van der Waals surface area (Å²) in [6, 6.07) is 0. The van der Waals surface area contributed by atoms with Gasteiger partial charge in [0.1, 0.15) is 5.78 Å². The quantitative estimate of drug-likeness (QED) is 0.677. The Kier molecular flexibility index (Phi) is 2.68. The summed E-state index contributed by atoms with van der Waals surface area (Å²) in [4.78, 5) is 24.7. The van der Waals surface area contributed by atoms with E-state index in [0.29, 0.717) is 17.6 Å². The summed E-state index contributed by atoms with van der Waals surface area (Å²) in [5, 5.41) is 0. The van der Waals surface area contributed by atoms with Crippen molar-refractivity contribution in [1.29, 1.82) is 0 Å². The van der Waals surface area contributed by atoms with Crippen LogP contribution in [0.1, 0.15) is 52.4 Å². The molecule has 0 N–H and O–H groups in total. The van der Waals surface area contributed by atoms with Crippen LogP contribution in [0.25, 0.3) is 0 Å². The molecular formula is C19H24O2. The summed E-state index contributed by atoms with van der Waals surface area (Å²) in [6.45, 7) is 4.53. The summed E-state index contributed by atoms with van der Waals surface area (Å²) < 4.78 is 0. The molecule has 0 aromatic rings. The zero-order valence-electron chi connectivity index (χ0n) is 13.0. The predicted molar refractivity (Wildman–Crippen MR) is 81.6 cm³/mol. The number of rotatable bonds is 0. The van der Waals surface area contributed by atoms with Gasteiger partial charge in [0.25, 0.3) is 0 Å². The van der Waals surface area contributed by atoms with Crippen molar-refractivity contribution >= 4 is 11.6 Å². The molecule has 21 heavy (non-hydrogen) atoms. The Hall–Kier alpha value is -1.18. The second kappa shape index (κ2) is 4.18. The van der Waals surface area contributed by atoms with E-state index in [2.05, 4.69) is 13.8 Å². The van der Waals surface area contributed by atoms with Crippen molar-refractivity contribution in [2.45, 2.75) is 52.4 Å². The van der Waals surface area contributed by atoms with E-state index in [9.17, 15) is 9.59 Å². The van der Waals surface area contributed by atoms with Crippen molar-refractivity contribution in [2.75, 3.05) is 0 Å². The van der Waals surface area contributed by atoms with E-state index in [4.69, 9.17) is 0 Å². The number of Topliss-reactive ketones (excluding diaryl/α,β-unsaturated/α-hetero) is 1. The summed E-state index contributed by atoms with van der Waals surface area (Å²) >= 11 is 0. The maximum atomic E-state index is 13.0. The molecule has 2 nitrogen and oxygen atoms in total. The highest BCUT2D eigenvalue weighted by Crippen LogP contribution is 2.63. The maximum absolute atomic E-state index is 13.0. The van der Waals surface area contributed by atoms with Crippen LogP contribution < -0.4 is 0 Å². The number of fused-ring (bicyclic) bond motifs is 5. The van der Waals surface area contributed by atoms with E-state index in [1.807, 2.05) is 6.08 Å². The van der Waals surface area contributed by atoms with Crippen molar-refractivity contribution < 1.29 is 9.59 Å². The van der Waals surface area contributed by atoms with Crippen LogP contribution >= 0.6 is 0 Å². The molecule has 0 radical (unpaired) electrons. The summed E-state index contributed by atoms with van der Waals surface area (Å²) in [7, 11) is 0. The average Bonchev–Trinajstić information content (AvgIpc) is 2.80. The average molecular weight is 284 g/mol. The first-order chi connectivity index (χ1) is 9.94. The van der Waals surface area contributed by atoms with Crippen LogP contribution in [0, 0.1) is 28.6 Å². The number of carbonyl (C=O) groups excluding carboxylic acids is 2. The Bertz CT molecular complexity index is 584. The van der Waals surface area contributed by atoms with Gasteiger partial charge in [0.05, 0.1) is 0 Å². The van der Waals surface area contributed by atoms with Crippen molar-refractivity contribution in [2.24, 2.45) is 28.6 Å². The largest absolute Gasteiger partial charge is 0.299 e.